The first kappa shape index (κ1) is 34.8. The number of benzene rings is 2. The van der Waals surface area contributed by atoms with Gasteiger partial charge in [0.25, 0.3) is 0 Å². The molecule has 2 N–H and O–H groups in total. The number of pyridine rings is 2. The van der Waals surface area contributed by atoms with Crippen LogP contribution in [0.4, 0.5) is 42.1 Å². The molecular weight excluding hydrogens is 671 g/mol. The third-order valence-corrected chi connectivity index (χ3v) is 8.59. The third kappa shape index (κ3) is 7.26. The monoisotopic (exact) mass is 701 g/mol. The number of piperazine rings is 1. The predicted octanol–water partition coefficient (Wildman–Crippen LogP) is 6.01. The molecule has 50 heavy (non-hydrogen) atoms. The molecule has 2 atom stereocenters. The lowest BCUT2D eigenvalue weighted by Gasteiger charge is -2.37. The maximum absolute atomic E-state index is 16.1. The number of aliphatic hydroxyl groups is 2. The van der Waals surface area contributed by atoms with Crippen LogP contribution in [0.3, 0.4) is 0 Å². The molecule has 3 aromatic heterocycles. The van der Waals surface area contributed by atoms with E-state index in [1.54, 1.807) is 18.2 Å². The Balaban J connectivity index is 1.12. The van der Waals surface area contributed by atoms with Gasteiger partial charge in [-0.3, -0.25) is 9.97 Å². The van der Waals surface area contributed by atoms with E-state index in [2.05, 4.69) is 25.0 Å². The van der Waals surface area contributed by atoms with Crippen LogP contribution in [0.1, 0.15) is 29.5 Å². The number of nitrogens with zero attached hydrogens (tertiary/aromatic N) is 7. The normalized spacial score (nSPS) is 15.9. The molecule has 0 spiro atoms. The van der Waals surface area contributed by atoms with Crippen molar-refractivity contribution in [1.82, 2.24) is 24.7 Å². The highest BCUT2D eigenvalue weighted by atomic mass is 19.4. The van der Waals surface area contributed by atoms with Crippen LogP contribution in [0.25, 0.3) is 11.1 Å². The number of aliphatic hydroxyl groups excluding tert-OH is 1. The van der Waals surface area contributed by atoms with Crippen molar-refractivity contribution in [3.05, 3.63) is 120 Å². The third-order valence-electron chi connectivity index (χ3n) is 8.59. The molecule has 0 bridgehead atoms. The van der Waals surface area contributed by atoms with Gasteiger partial charge in [0.2, 0.25) is 0 Å². The summed E-state index contributed by atoms with van der Waals surface area (Å²) in [7, 11) is 0. The van der Waals surface area contributed by atoms with Crippen molar-refractivity contribution >= 4 is 11.4 Å². The molecule has 0 amide bonds. The molecule has 9 nitrogen and oxygen atoms in total. The van der Waals surface area contributed by atoms with Crippen LogP contribution in [-0.2, 0) is 18.1 Å². The quantitative estimate of drug-likeness (QED) is 0.171. The summed E-state index contributed by atoms with van der Waals surface area (Å²) in [6.45, 7) is 1.59. The van der Waals surface area contributed by atoms with Gasteiger partial charge in [-0.25, -0.2) is 18.4 Å². The van der Waals surface area contributed by atoms with Crippen LogP contribution in [0.15, 0.2) is 91.8 Å². The summed E-state index contributed by atoms with van der Waals surface area (Å²) in [5, 5.41) is 25.0. The van der Waals surface area contributed by atoms with E-state index in [4.69, 9.17) is 0 Å². The zero-order chi connectivity index (χ0) is 35.7. The molecule has 0 radical (unpaired) electrons. The van der Waals surface area contributed by atoms with Crippen LogP contribution in [0.5, 0.6) is 0 Å². The van der Waals surface area contributed by atoms with Crippen LogP contribution >= 0.6 is 0 Å². The lowest BCUT2D eigenvalue weighted by atomic mass is 9.84. The van der Waals surface area contributed by atoms with E-state index in [1.165, 1.54) is 24.5 Å². The highest BCUT2D eigenvalue weighted by molar-refractivity contribution is 5.66. The van der Waals surface area contributed by atoms with Crippen molar-refractivity contribution < 1.29 is 40.9 Å². The molecule has 4 heterocycles. The minimum Gasteiger partial charge on any atom is -0.386 e. The zero-order valence-corrected chi connectivity index (χ0v) is 26.2. The second-order valence-corrected chi connectivity index (χ2v) is 11.9. The second-order valence-electron chi connectivity index (χ2n) is 11.9. The van der Waals surface area contributed by atoms with Gasteiger partial charge in [-0.15, -0.1) is 0 Å². The molecule has 0 aliphatic carbocycles. The Hall–Kier alpha value is -5.09. The molecule has 2 aromatic carbocycles. The fourth-order valence-corrected chi connectivity index (χ4v) is 5.88. The van der Waals surface area contributed by atoms with Crippen LogP contribution < -0.4 is 9.80 Å². The van der Waals surface area contributed by atoms with E-state index >= 15 is 8.78 Å². The Bertz CT molecular complexity index is 1880. The number of hydrogen-bond donors (Lipinski definition) is 2. The van der Waals surface area contributed by atoms with E-state index in [0.717, 1.165) is 46.9 Å². The molecular formula is C34H30F7N7O2. The smallest absolute Gasteiger partial charge is 0.386 e. The van der Waals surface area contributed by atoms with Gasteiger partial charge in [0.15, 0.2) is 5.60 Å². The lowest BCUT2D eigenvalue weighted by molar-refractivity contribution is -0.207. The molecule has 1 saturated heterocycles. The fourth-order valence-electron chi connectivity index (χ4n) is 5.88. The van der Waals surface area contributed by atoms with Crippen molar-refractivity contribution in [2.75, 3.05) is 36.0 Å². The highest BCUT2D eigenvalue weighted by Crippen LogP contribution is 2.47. The van der Waals surface area contributed by atoms with Crippen LogP contribution in [-0.4, -0.2) is 67.3 Å². The van der Waals surface area contributed by atoms with Gasteiger partial charge in [-0.1, -0.05) is 18.2 Å². The van der Waals surface area contributed by atoms with E-state index < -0.39 is 59.7 Å². The van der Waals surface area contributed by atoms with Gasteiger partial charge in [0.1, 0.15) is 36.1 Å². The molecule has 1 aliphatic heterocycles. The summed E-state index contributed by atoms with van der Waals surface area (Å²) in [6.07, 6.45) is -2.78. The summed E-state index contributed by atoms with van der Waals surface area (Å²) < 4.78 is 99.3. The molecule has 262 valence electrons. The van der Waals surface area contributed by atoms with Gasteiger partial charge >= 0.3 is 12.1 Å². The summed E-state index contributed by atoms with van der Waals surface area (Å²) in [5.74, 6) is -6.52. The maximum atomic E-state index is 16.1. The Morgan fingerprint density at radius 3 is 1.98 bits per heavy atom. The van der Waals surface area contributed by atoms with E-state index in [-0.39, 0.29) is 5.69 Å². The summed E-state index contributed by atoms with van der Waals surface area (Å²) in [5.41, 5.74) is -2.12. The number of hydrogen-bond acceptors (Lipinski definition) is 8. The Kier molecular flexibility index (Phi) is 9.50. The Morgan fingerprint density at radius 1 is 0.760 bits per heavy atom. The average molecular weight is 702 g/mol. The summed E-state index contributed by atoms with van der Waals surface area (Å²) >= 11 is 0. The first-order valence-corrected chi connectivity index (χ1v) is 15.4. The zero-order valence-electron chi connectivity index (χ0n) is 26.2. The van der Waals surface area contributed by atoms with Crippen LogP contribution in [0, 0.1) is 11.6 Å². The SMILES string of the molecule is OC(CC(F)(F)F)c1ccc(N2CCN(c3ccc(-c4ccc(C(F)(F)[C@](O)(Cn5cncn5)c5ccc(F)cc5F)nc4)cc3)CC2)cn1. The molecule has 1 fully saturated rings. The minimum absolute atomic E-state index is 0.0478. The van der Waals surface area contributed by atoms with E-state index in [9.17, 15) is 32.2 Å². The maximum Gasteiger partial charge on any atom is 0.391 e. The van der Waals surface area contributed by atoms with Gasteiger partial charge in [-0.2, -0.15) is 27.1 Å². The topological polar surface area (TPSA) is 103 Å². The lowest BCUT2D eigenvalue weighted by Crippen LogP contribution is -2.48. The average Bonchev–Trinajstić information content (AvgIpc) is 3.60. The van der Waals surface area contributed by atoms with Crippen molar-refractivity contribution in [3.63, 3.8) is 0 Å². The summed E-state index contributed by atoms with van der Waals surface area (Å²) in [4.78, 5) is 15.8. The van der Waals surface area contributed by atoms with Gasteiger partial charge in [0.05, 0.1) is 30.5 Å². The van der Waals surface area contributed by atoms with Crippen molar-refractivity contribution in [3.8, 4) is 11.1 Å². The molecule has 16 heteroatoms. The van der Waals surface area contributed by atoms with Gasteiger partial charge in [0, 0.05) is 55.3 Å². The molecule has 5 aromatic rings. The van der Waals surface area contributed by atoms with Crippen molar-refractivity contribution in [2.45, 2.75) is 36.8 Å². The molecule has 1 unspecified atom stereocenters. The largest absolute Gasteiger partial charge is 0.391 e. The van der Waals surface area contributed by atoms with Crippen molar-refractivity contribution in [2.24, 2.45) is 0 Å². The number of rotatable bonds is 10. The summed E-state index contributed by atoms with van der Waals surface area (Å²) in [6, 6.07) is 14.8. The predicted molar refractivity (Wildman–Crippen MR) is 168 cm³/mol. The number of halogens is 7. The number of anilines is 2. The standard InChI is InChI=1S/C34H30F7N7O2/c35-24-4-8-27(28(36)15-24)32(50,19-48-21-42-20-45-48)34(40,41)31-10-3-23(17-44-31)22-1-5-25(6-2-22)46-11-13-47(14-12-46)26-7-9-29(43-18-26)30(49)16-33(37,38)39/h1-10,15,17-18,20-21,30,49-50H,11-14,16,19H2/t30?,32-/m0/s1. The van der Waals surface area contributed by atoms with E-state index in [0.29, 0.717) is 43.4 Å². The first-order chi connectivity index (χ1) is 23.7. The molecule has 1 aliphatic rings. The molecule has 0 saturated carbocycles. The number of alkyl halides is 5. The van der Waals surface area contributed by atoms with Crippen LogP contribution in [0.2, 0.25) is 0 Å². The van der Waals surface area contributed by atoms with E-state index in [1.807, 2.05) is 17.0 Å². The Morgan fingerprint density at radius 2 is 1.42 bits per heavy atom. The van der Waals surface area contributed by atoms with Gasteiger partial charge < -0.3 is 20.0 Å². The second kappa shape index (κ2) is 13.7. The highest BCUT2D eigenvalue weighted by Gasteiger charge is 2.58. The van der Waals surface area contributed by atoms with Crippen molar-refractivity contribution in [1.29, 1.82) is 0 Å². The molecule has 6 rings (SSSR count). The Labute approximate surface area is 281 Å². The fraction of sp³-hybridized carbons (Fsp3) is 0.294. The minimum atomic E-state index is -4.50. The number of aromatic nitrogens is 5. The first-order valence-electron chi connectivity index (χ1n) is 15.4. The van der Waals surface area contributed by atoms with Gasteiger partial charge in [-0.05, 0) is 48.0 Å².